The van der Waals surface area contributed by atoms with Gasteiger partial charge in [-0.1, -0.05) is 26.0 Å². The first-order chi connectivity index (χ1) is 11.8. The fourth-order valence-corrected chi connectivity index (χ4v) is 2.61. The van der Waals surface area contributed by atoms with Crippen LogP contribution in [0.3, 0.4) is 0 Å². The Balaban J connectivity index is 2.02. The average molecular weight is 325 g/mol. The summed E-state index contributed by atoms with van der Waals surface area (Å²) in [5.41, 5.74) is 4.02. The number of anilines is 1. The Kier molecular flexibility index (Phi) is 7.43. The number of rotatable bonds is 9. The number of nitrogens with zero attached hydrogens (tertiary/aromatic N) is 3. The second-order valence-electron chi connectivity index (χ2n) is 5.84. The lowest BCUT2D eigenvalue weighted by Gasteiger charge is -2.23. The van der Waals surface area contributed by atoms with E-state index in [2.05, 4.69) is 41.1 Å². The molecule has 4 heteroatoms. The molecule has 2 rings (SSSR count). The molecule has 0 fully saturated rings. The highest BCUT2D eigenvalue weighted by Gasteiger charge is 2.04. The summed E-state index contributed by atoms with van der Waals surface area (Å²) in [5.74, 6) is 0. The van der Waals surface area contributed by atoms with Crippen LogP contribution in [-0.4, -0.2) is 24.8 Å². The Morgan fingerprint density at radius 1 is 0.792 bits per heavy atom. The molecule has 0 unspecified atom stereocenters. The summed E-state index contributed by atoms with van der Waals surface area (Å²) >= 11 is 0. The maximum absolute atomic E-state index is 8.92. The van der Waals surface area contributed by atoms with E-state index in [0.29, 0.717) is 6.42 Å². The molecule has 0 saturated carbocycles. The van der Waals surface area contributed by atoms with Crippen LogP contribution >= 0.6 is 0 Å². The van der Waals surface area contributed by atoms with E-state index in [1.807, 2.05) is 36.4 Å². The fourth-order valence-electron chi connectivity index (χ4n) is 2.61. The van der Waals surface area contributed by atoms with Crippen LogP contribution in [0.5, 0.6) is 0 Å². The average Bonchev–Trinajstić information content (AvgIpc) is 2.62. The smallest absolute Gasteiger partial charge is 0.0858 e. The van der Waals surface area contributed by atoms with Gasteiger partial charge in [0.15, 0.2) is 0 Å². The lowest BCUT2D eigenvalue weighted by atomic mass is 10.1. The monoisotopic (exact) mass is 325 g/mol. The minimum absolute atomic E-state index is 0.167. The minimum Gasteiger partial charge on any atom is -0.396 e. The molecule has 2 aromatic carbocycles. The molecule has 128 valence electrons. The van der Waals surface area contributed by atoms with Crippen molar-refractivity contribution in [2.45, 2.75) is 33.1 Å². The van der Waals surface area contributed by atoms with Crippen LogP contribution in [-0.2, 0) is 6.42 Å². The summed E-state index contributed by atoms with van der Waals surface area (Å²) in [6, 6.07) is 16.0. The number of benzene rings is 2. The molecule has 0 saturated heterocycles. The van der Waals surface area contributed by atoms with Gasteiger partial charge in [0.05, 0.1) is 11.4 Å². The molecule has 2 aromatic rings. The van der Waals surface area contributed by atoms with Crippen LogP contribution in [0.25, 0.3) is 0 Å². The summed E-state index contributed by atoms with van der Waals surface area (Å²) in [4.78, 5) is 2.40. The van der Waals surface area contributed by atoms with Crippen LogP contribution in [0.15, 0.2) is 58.8 Å². The van der Waals surface area contributed by atoms with E-state index in [1.54, 1.807) is 0 Å². The van der Waals surface area contributed by atoms with Crippen molar-refractivity contribution in [1.82, 2.24) is 0 Å². The van der Waals surface area contributed by atoms with Gasteiger partial charge in [0, 0.05) is 25.4 Å². The van der Waals surface area contributed by atoms with Gasteiger partial charge in [-0.15, -0.1) is 0 Å². The SMILES string of the molecule is CCCN(CCC)c1ccc(N=Nc2ccc(CCO)cc2)cc1. The number of aliphatic hydroxyl groups is 1. The second kappa shape index (κ2) is 9.83. The second-order valence-corrected chi connectivity index (χ2v) is 5.84. The van der Waals surface area contributed by atoms with Crippen molar-refractivity contribution in [2.75, 3.05) is 24.6 Å². The molecule has 0 amide bonds. The molecule has 0 bridgehead atoms. The van der Waals surface area contributed by atoms with E-state index in [0.717, 1.165) is 42.9 Å². The zero-order chi connectivity index (χ0) is 17.2. The first-order valence-electron chi connectivity index (χ1n) is 8.73. The lowest BCUT2D eigenvalue weighted by molar-refractivity contribution is 0.299. The van der Waals surface area contributed by atoms with Crippen molar-refractivity contribution >= 4 is 17.1 Å². The topological polar surface area (TPSA) is 48.2 Å². The highest BCUT2D eigenvalue weighted by molar-refractivity contribution is 5.53. The van der Waals surface area contributed by atoms with Crippen molar-refractivity contribution in [3.63, 3.8) is 0 Å². The fraction of sp³-hybridized carbons (Fsp3) is 0.400. The van der Waals surface area contributed by atoms with Gasteiger partial charge in [-0.25, -0.2) is 0 Å². The van der Waals surface area contributed by atoms with Crippen LogP contribution in [0, 0.1) is 0 Å². The van der Waals surface area contributed by atoms with Crippen LogP contribution in [0.1, 0.15) is 32.3 Å². The number of aliphatic hydroxyl groups excluding tert-OH is 1. The van der Waals surface area contributed by atoms with E-state index < -0.39 is 0 Å². The van der Waals surface area contributed by atoms with Crippen LogP contribution < -0.4 is 4.90 Å². The molecule has 0 spiro atoms. The van der Waals surface area contributed by atoms with Crippen LogP contribution in [0.4, 0.5) is 17.1 Å². The Morgan fingerprint density at radius 3 is 1.75 bits per heavy atom. The summed E-state index contributed by atoms with van der Waals surface area (Å²) in [7, 11) is 0. The summed E-state index contributed by atoms with van der Waals surface area (Å²) in [6.07, 6.45) is 2.96. The van der Waals surface area contributed by atoms with Gasteiger partial charge in [0.25, 0.3) is 0 Å². The Bertz CT molecular complexity index is 614. The van der Waals surface area contributed by atoms with E-state index >= 15 is 0 Å². The molecular weight excluding hydrogens is 298 g/mol. The molecule has 0 atom stereocenters. The van der Waals surface area contributed by atoms with Gasteiger partial charge in [-0.3, -0.25) is 0 Å². The minimum atomic E-state index is 0.167. The molecule has 24 heavy (non-hydrogen) atoms. The van der Waals surface area contributed by atoms with Crippen molar-refractivity contribution < 1.29 is 5.11 Å². The maximum Gasteiger partial charge on any atom is 0.0858 e. The molecule has 0 aliphatic rings. The van der Waals surface area contributed by atoms with E-state index in [1.165, 1.54) is 5.69 Å². The van der Waals surface area contributed by atoms with Crippen molar-refractivity contribution in [3.8, 4) is 0 Å². The van der Waals surface area contributed by atoms with Crippen LogP contribution in [0.2, 0.25) is 0 Å². The Labute approximate surface area is 144 Å². The highest BCUT2D eigenvalue weighted by atomic mass is 16.2. The Morgan fingerprint density at radius 2 is 1.29 bits per heavy atom. The van der Waals surface area contributed by atoms with E-state index in [9.17, 15) is 0 Å². The highest BCUT2D eigenvalue weighted by Crippen LogP contribution is 2.23. The van der Waals surface area contributed by atoms with Gasteiger partial charge < -0.3 is 10.0 Å². The third-order valence-corrected chi connectivity index (χ3v) is 3.82. The molecule has 1 N–H and O–H groups in total. The predicted molar refractivity (Wildman–Crippen MR) is 101 cm³/mol. The van der Waals surface area contributed by atoms with Crippen molar-refractivity contribution in [1.29, 1.82) is 0 Å². The van der Waals surface area contributed by atoms with E-state index in [-0.39, 0.29) is 6.61 Å². The van der Waals surface area contributed by atoms with E-state index in [4.69, 9.17) is 5.11 Å². The standard InChI is InChI=1S/C20H27N3O/c1-3-14-23(15-4-2)20-11-9-19(10-12-20)22-21-18-7-5-17(6-8-18)13-16-24/h5-12,24H,3-4,13-16H2,1-2H3. The third-order valence-electron chi connectivity index (χ3n) is 3.82. The largest absolute Gasteiger partial charge is 0.396 e. The van der Waals surface area contributed by atoms with Crippen molar-refractivity contribution in [3.05, 3.63) is 54.1 Å². The molecule has 0 aliphatic heterocycles. The first kappa shape index (κ1) is 18.1. The lowest BCUT2D eigenvalue weighted by Crippen LogP contribution is -2.24. The van der Waals surface area contributed by atoms with Gasteiger partial charge in [-0.2, -0.15) is 10.2 Å². The molecule has 0 aromatic heterocycles. The van der Waals surface area contributed by atoms with Gasteiger partial charge >= 0.3 is 0 Å². The predicted octanol–water partition coefficient (Wildman–Crippen LogP) is 5.26. The van der Waals surface area contributed by atoms with Gasteiger partial charge in [0.1, 0.15) is 0 Å². The molecule has 0 radical (unpaired) electrons. The quantitative estimate of drug-likeness (QED) is 0.639. The maximum atomic E-state index is 8.92. The molecule has 0 heterocycles. The zero-order valence-corrected chi connectivity index (χ0v) is 14.7. The molecule has 0 aliphatic carbocycles. The summed E-state index contributed by atoms with van der Waals surface area (Å²) < 4.78 is 0. The van der Waals surface area contributed by atoms with Gasteiger partial charge in [0.2, 0.25) is 0 Å². The molecular formula is C20H27N3O. The first-order valence-corrected chi connectivity index (χ1v) is 8.73. The zero-order valence-electron chi connectivity index (χ0n) is 14.7. The normalized spacial score (nSPS) is 11.1. The van der Waals surface area contributed by atoms with Gasteiger partial charge in [-0.05, 0) is 61.2 Å². The van der Waals surface area contributed by atoms with Crippen molar-refractivity contribution in [2.24, 2.45) is 10.2 Å². The number of hydrogen-bond donors (Lipinski definition) is 1. The number of hydrogen-bond acceptors (Lipinski definition) is 4. The molecule has 4 nitrogen and oxygen atoms in total. The summed E-state index contributed by atoms with van der Waals surface area (Å²) in [6.45, 7) is 6.73. The Hall–Kier alpha value is -2.20. The summed E-state index contributed by atoms with van der Waals surface area (Å²) in [5, 5.41) is 17.5. The number of azo groups is 1. The third kappa shape index (κ3) is 5.46.